The smallest absolute Gasteiger partial charge is 0.274 e. The standard InChI is InChI=1S/C15H19N7O2/c1-20-7-13(17-9-20)15(24)21-5-11(6-21)22-8-12(18-19-22)14(23)16-4-10-2-3-10/h7-11H,2-6H2,1H3,(H,16,23). The van der Waals surface area contributed by atoms with E-state index >= 15 is 0 Å². The molecule has 9 nitrogen and oxygen atoms in total. The Bertz CT molecular complexity index is 770. The molecule has 2 aliphatic rings. The van der Waals surface area contributed by atoms with Crippen LogP contribution in [-0.4, -0.2) is 60.9 Å². The zero-order chi connectivity index (χ0) is 16.7. The molecule has 3 heterocycles. The Hall–Kier alpha value is -2.71. The summed E-state index contributed by atoms with van der Waals surface area (Å²) in [7, 11) is 1.83. The predicted octanol–water partition coefficient (Wildman–Crippen LogP) is -0.151. The van der Waals surface area contributed by atoms with Gasteiger partial charge in [0.15, 0.2) is 5.69 Å². The molecule has 1 saturated heterocycles. The summed E-state index contributed by atoms with van der Waals surface area (Å²) in [6.07, 6.45) is 7.34. The van der Waals surface area contributed by atoms with Crippen molar-refractivity contribution in [2.45, 2.75) is 18.9 Å². The van der Waals surface area contributed by atoms with E-state index in [-0.39, 0.29) is 17.9 Å². The second-order valence-corrected chi connectivity index (χ2v) is 6.53. The Morgan fingerprint density at radius 1 is 1.25 bits per heavy atom. The van der Waals surface area contributed by atoms with Crippen molar-refractivity contribution < 1.29 is 9.59 Å². The highest BCUT2D eigenvalue weighted by Crippen LogP contribution is 2.27. The molecule has 2 fully saturated rings. The molecule has 0 bridgehead atoms. The van der Waals surface area contributed by atoms with Crippen molar-refractivity contribution in [2.24, 2.45) is 13.0 Å². The maximum absolute atomic E-state index is 12.2. The third-order valence-electron chi connectivity index (χ3n) is 4.44. The van der Waals surface area contributed by atoms with Gasteiger partial charge in [-0.05, 0) is 18.8 Å². The maximum atomic E-state index is 12.2. The molecule has 0 spiro atoms. The van der Waals surface area contributed by atoms with Crippen molar-refractivity contribution in [3.63, 3.8) is 0 Å². The summed E-state index contributed by atoms with van der Waals surface area (Å²) in [4.78, 5) is 30.0. The Labute approximate surface area is 138 Å². The Balaban J connectivity index is 1.32. The van der Waals surface area contributed by atoms with E-state index in [0.29, 0.717) is 36.9 Å². The molecule has 0 aromatic carbocycles. The van der Waals surface area contributed by atoms with Gasteiger partial charge in [-0.2, -0.15) is 0 Å². The average Bonchev–Trinajstić information content (AvgIpc) is 3.04. The van der Waals surface area contributed by atoms with Gasteiger partial charge in [-0.1, -0.05) is 5.21 Å². The number of carbonyl (C=O) groups is 2. The largest absolute Gasteiger partial charge is 0.350 e. The van der Waals surface area contributed by atoms with Crippen molar-refractivity contribution in [3.05, 3.63) is 30.1 Å². The molecule has 1 N–H and O–H groups in total. The molecule has 1 saturated carbocycles. The van der Waals surface area contributed by atoms with Crippen molar-refractivity contribution >= 4 is 11.8 Å². The zero-order valence-corrected chi connectivity index (χ0v) is 13.4. The topological polar surface area (TPSA) is 97.9 Å². The van der Waals surface area contributed by atoms with Crippen LogP contribution in [0, 0.1) is 5.92 Å². The van der Waals surface area contributed by atoms with E-state index in [1.54, 1.807) is 32.9 Å². The number of nitrogens with zero attached hydrogens (tertiary/aromatic N) is 6. The molecule has 0 unspecified atom stereocenters. The lowest BCUT2D eigenvalue weighted by Gasteiger charge is -2.38. The number of aryl methyl sites for hydroxylation is 1. The Morgan fingerprint density at radius 3 is 2.71 bits per heavy atom. The molecule has 2 aromatic rings. The molecule has 126 valence electrons. The van der Waals surface area contributed by atoms with Crippen LogP contribution in [0.5, 0.6) is 0 Å². The third-order valence-corrected chi connectivity index (χ3v) is 4.44. The van der Waals surface area contributed by atoms with Crippen LogP contribution in [-0.2, 0) is 7.05 Å². The number of carbonyl (C=O) groups excluding carboxylic acids is 2. The van der Waals surface area contributed by atoms with E-state index in [9.17, 15) is 9.59 Å². The average molecular weight is 329 g/mol. The van der Waals surface area contributed by atoms with E-state index in [4.69, 9.17) is 0 Å². The second kappa shape index (κ2) is 5.73. The van der Waals surface area contributed by atoms with Crippen molar-refractivity contribution in [3.8, 4) is 0 Å². The van der Waals surface area contributed by atoms with Crippen LogP contribution >= 0.6 is 0 Å². The highest BCUT2D eigenvalue weighted by atomic mass is 16.2. The van der Waals surface area contributed by atoms with E-state index < -0.39 is 0 Å². The first kappa shape index (κ1) is 14.9. The quantitative estimate of drug-likeness (QED) is 0.822. The molecule has 2 amide bonds. The summed E-state index contributed by atoms with van der Waals surface area (Å²) in [5, 5.41) is 10.8. The van der Waals surface area contributed by atoms with Gasteiger partial charge in [0.1, 0.15) is 5.69 Å². The molecular weight excluding hydrogens is 310 g/mol. The predicted molar refractivity (Wildman–Crippen MR) is 83.2 cm³/mol. The fraction of sp³-hybridized carbons (Fsp3) is 0.533. The Kier molecular flexibility index (Phi) is 3.55. The fourth-order valence-electron chi connectivity index (χ4n) is 2.68. The first-order valence-electron chi connectivity index (χ1n) is 8.07. The van der Waals surface area contributed by atoms with Gasteiger partial charge in [0.25, 0.3) is 11.8 Å². The maximum Gasteiger partial charge on any atom is 0.274 e. The summed E-state index contributed by atoms with van der Waals surface area (Å²) in [6, 6.07) is 0.0511. The summed E-state index contributed by atoms with van der Waals surface area (Å²) in [5.41, 5.74) is 0.764. The molecule has 4 rings (SSSR count). The third kappa shape index (κ3) is 2.89. The van der Waals surface area contributed by atoms with Gasteiger partial charge >= 0.3 is 0 Å². The summed E-state index contributed by atoms with van der Waals surface area (Å²) < 4.78 is 3.41. The summed E-state index contributed by atoms with van der Waals surface area (Å²) in [5.74, 6) is 0.352. The van der Waals surface area contributed by atoms with E-state index in [1.807, 2.05) is 7.05 Å². The van der Waals surface area contributed by atoms with Crippen LogP contribution in [0.15, 0.2) is 18.7 Å². The van der Waals surface area contributed by atoms with Crippen molar-refractivity contribution in [1.82, 2.24) is 34.8 Å². The van der Waals surface area contributed by atoms with Crippen LogP contribution in [0.3, 0.4) is 0 Å². The van der Waals surface area contributed by atoms with Gasteiger partial charge < -0.3 is 14.8 Å². The van der Waals surface area contributed by atoms with Gasteiger partial charge in [-0.25, -0.2) is 9.67 Å². The lowest BCUT2D eigenvalue weighted by Crippen LogP contribution is -2.51. The minimum Gasteiger partial charge on any atom is -0.350 e. The molecular formula is C15H19N7O2. The molecule has 1 aliphatic heterocycles. The number of aromatic nitrogens is 5. The summed E-state index contributed by atoms with van der Waals surface area (Å²) in [6.45, 7) is 1.80. The Morgan fingerprint density at radius 2 is 2.04 bits per heavy atom. The normalized spacial score (nSPS) is 17.6. The minimum absolute atomic E-state index is 0.0511. The molecule has 1 aliphatic carbocycles. The zero-order valence-electron chi connectivity index (χ0n) is 13.4. The number of imidazole rings is 1. The second-order valence-electron chi connectivity index (χ2n) is 6.53. The fourth-order valence-corrected chi connectivity index (χ4v) is 2.68. The molecule has 0 radical (unpaired) electrons. The van der Waals surface area contributed by atoms with Crippen LogP contribution in [0.1, 0.15) is 39.9 Å². The van der Waals surface area contributed by atoms with Gasteiger partial charge in [0.2, 0.25) is 0 Å². The lowest BCUT2D eigenvalue weighted by molar-refractivity contribution is 0.0492. The van der Waals surface area contributed by atoms with Gasteiger partial charge in [-0.3, -0.25) is 9.59 Å². The van der Waals surface area contributed by atoms with Gasteiger partial charge in [0, 0.05) is 32.9 Å². The SMILES string of the molecule is Cn1cnc(C(=O)N2CC(n3cc(C(=O)NCC4CC4)nn3)C2)c1. The van der Waals surface area contributed by atoms with E-state index in [2.05, 4.69) is 20.6 Å². The van der Waals surface area contributed by atoms with Crippen LogP contribution in [0.2, 0.25) is 0 Å². The highest BCUT2D eigenvalue weighted by molar-refractivity contribution is 5.93. The molecule has 9 heteroatoms. The number of nitrogens with one attached hydrogen (secondary N) is 1. The van der Waals surface area contributed by atoms with Crippen molar-refractivity contribution in [2.75, 3.05) is 19.6 Å². The lowest BCUT2D eigenvalue weighted by atomic mass is 10.1. The van der Waals surface area contributed by atoms with Crippen LogP contribution in [0.4, 0.5) is 0 Å². The minimum atomic E-state index is -0.186. The van der Waals surface area contributed by atoms with Crippen molar-refractivity contribution in [1.29, 1.82) is 0 Å². The van der Waals surface area contributed by atoms with Gasteiger partial charge in [-0.15, -0.1) is 5.10 Å². The number of hydrogen-bond donors (Lipinski definition) is 1. The molecule has 24 heavy (non-hydrogen) atoms. The number of likely N-dealkylation sites (tertiary alicyclic amines) is 1. The first-order valence-corrected chi connectivity index (χ1v) is 8.07. The van der Waals surface area contributed by atoms with E-state index in [1.165, 1.54) is 12.8 Å². The monoisotopic (exact) mass is 329 g/mol. The number of amides is 2. The summed E-state index contributed by atoms with van der Waals surface area (Å²) >= 11 is 0. The van der Waals surface area contributed by atoms with Gasteiger partial charge in [0.05, 0.1) is 18.6 Å². The first-order chi connectivity index (χ1) is 11.6. The van der Waals surface area contributed by atoms with Crippen LogP contribution in [0.25, 0.3) is 0 Å². The van der Waals surface area contributed by atoms with E-state index in [0.717, 1.165) is 0 Å². The number of rotatable bonds is 5. The highest BCUT2D eigenvalue weighted by Gasteiger charge is 2.34. The molecule has 2 aromatic heterocycles. The molecule has 0 atom stereocenters. The number of hydrogen-bond acceptors (Lipinski definition) is 5. The van der Waals surface area contributed by atoms with Crippen LogP contribution < -0.4 is 5.32 Å².